The van der Waals surface area contributed by atoms with Gasteiger partial charge in [-0.15, -0.1) is 0 Å². The molecule has 2 aliphatic rings. The molecule has 1 amide bonds. The van der Waals surface area contributed by atoms with Crippen molar-refractivity contribution < 1.29 is 9.90 Å². The fourth-order valence-electron chi connectivity index (χ4n) is 5.61. The van der Waals surface area contributed by atoms with E-state index in [1.807, 2.05) is 24.3 Å². The summed E-state index contributed by atoms with van der Waals surface area (Å²) in [7, 11) is 0. The molecule has 1 fully saturated rings. The largest absolute Gasteiger partial charge is 0.378 e. The smallest absolute Gasteiger partial charge is 0.256 e. The number of nitriles is 1. The molecule has 1 saturated carbocycles. The van der Waals surface area contributed by atoms with Gasteiger partial charge >= 0.3 is 0 Å². The Balaban J connectivity index is 1.25. The highest BCUT2D eigenvalue weighted by Crippen LogP contribution is 2.52. The number of nitrogens with zero attached hydrogens (tertiary/aromatic N) is 3. The standard InChI is InChI=1S/C32H27ClN4O3/c33-25-15-20(18-34)14-23(17-25)21-6-4-7-22(16-21)28(38)30(40)37-13-5-10-27-26(19-37)29(39)36-31(35-27)32(11-12-32)24-8-2-1-3-9-24/h1-4,6-9,14-17,28,38H,5,10-13,19H2,(H,35,36,39)/t28-/m1/s1. The van der Waals surface area contributed by atoms with Gasteiger partial charge in [-0.1, -0.05) is 60.1 Å². The Morgan fingerprint density at radius 1 is 1.07 bits per heavy atom. The Hall–Kier alpha value is -4.25. The van der Waals surface area contributed by atoms with Crippen molar-refractivity contribution in [1.82, 2.24) is 14.9 Å². The molecule has 3 aromatic carbocycles. The number of amides is 1. The summed E-state index contributed by atoms with van der Waals surface area (Å²) in [6.07, 6.45) is 1.68. The monoisotopic (exact) mass is 550 g/mol. The number of aryl methyl sites for hydroxylation is 1. The predicted molar refractivity (Wildman–Crippen MR) is 152 cm³/mol. The molecule has 4 aromatic rings. The summed E-state index contributed by atoms with van der Waals surface area (Å²) in [5, 5.41) is 20.8. The van der Waals surface area contributed by atoms with Gasteiger partial charge in [-0.2, -0.15) is 5.26 Å². The van der Waals surface area contributed by atoms with E-state index in [0.717, 1.165) is 29.7 Å². The van der Waals surface area contributed by atoms with Crippen molar-refractivity contribution in [2.45, 2.75) is 43.7 Å². The van der Waals surface area contributed by atoms with Crippen molar-refractivity contribution in [1.29, 1.82) is 5.26 Å². The number of aromatic amines is 1. The van der Waals surface area contributed by atoms with Gasteiger partial charge in [0.15, 0.2) is 6.10 Å². The molecule has 0 radical (unpaired) electrons. The number of hydrogen-bond acceptors (Lipinski definition) is 5. The van der Waals surface area contributed by atoms with Gasteiger partial charge in [0.05, 0.1) is 34.8 Å². The number of aliphatic hydroxyl groups excluding tert-OH is 1. The van der Waals surface area contributed by atoms with E-state index >= 15 is 0 Å². The molecule has 1 aliphatic carbocycles. The van der Waals surface area contributed by atoms with Crippen LogP contribution in [0.5, 0.6) is 0 Å². The van der Waals surface area contributed by atoms with Crippen LogP contribution in [0.1, 0.15) is 59.1 Å². The lowest BCUT2D eigenvalue weighted by Gasteiger charge is -2.24. The molecule has 2 N–H and O–H groups in total. The van der Waals surface area contributed by atoms with Gasteiger partial charge in [0.25, 0.3) is 11.5 Å². The van der Waals surface area contributed by atoms with Gasteiger partial charge in [-0.05, 0) is 72.2 Å². The van der Waals surface area contributed by atoms with E-state index in [2.05, 4.69) is 23.2 Å². The summed E-state index contributed by atoms with van der Waals surface area (Å²) >= 11 is 6.18. The van der Waals surface area contributed by atoms with E-state index in [1.54, 1.807) is 36.4 Å². The van der Waals surface area contributed by atoms with Crippen LogP contribution in [0.15, 0.2) is 77.6 Å². The molecule has 0 unspecified atom stereocenters. The first-order valence-electron chi connectivity index (χ1n) is 13.3. The SMILES string of the molecule is N#Cc1cc(Cl)cc(-c2cccc([C@@H](O)C(=O)N3CCCc4nc(C5(c6ccccc6)CC5)[nH]c(=O)c4C3)c2)c1. The molecule has 0 bridgehead atoms. The number of benzene rings is 3. The molecule has 0 spiro atoms. The average molecular weight is 551 g/mol. The van der Waals surface area contributed by atoms with Crippen molar-refractivity contribution in [2.24, 2.45) is 0 Å². The van der Waals surface area contributed by atoms with Crippen LogP contribution < -0.4 is 5.56 Å². The molecule has 40 heavy (non-hydrogen) atoms. The zero-order valence-corrected chi connectivity index (χ0v) is 22.5. The molecule has 0 saturated heterocycles. The average Bonchev–Trinajstić information content (AvgIpc) is 3.81. The molecule has 6 rings (SSSR count). The second-order valence-corrected chi connectivity index (χ2v) is 11.0. The van der Waals surface area contributed by atoms with E-state index < -0.39 is 12.0 Å². The molecule has 200 valence electrons. The van der Waals surface area contributed by atoms with Crippen LogP contribution in [-0.4, -0.2) is 32.4 Å². The first-order valence-corrected chi connectivity index (χ1v) is 13.7. The Labute approximate surface area is 236 Å². The summed E-state index contributed by atoms with van der Waals surface area (Å²) in [6.45, 7) is 0.496. The minimum atomic E-state index is -1.41. The number of aliphatic hydroxyl groups is 1. The normalized spacial score (nSPS) is 16.4. The first-order chi connectivity index (χ1) is 19.4. The Morgan fingerprint density at radius 3 is 2.62 bits per heavy atom. The highest BCUT2D eigenvalue weighted by Gasteiger charge is 2.48. The van der Waals surface area contributed by atoms with Gasteiger partial charge in [-0.3, -0.25) is 9.59 Å². The predicted octanol–water partition coefficient (Wildman–Crippen LogP) is 5.05. The maximum absolute atomic E-state index is 13.5. The molecule has 1 aliphatic heterocycles. The van der Waals surface area contributed by atoms with Crippen molar-refractivity contribution in [3.63, 3.8) is 0 Å². The summed E-state index contributed by atoms with van der Waals surface area (Å²) in [5.41, 5.74) is 4.15. The number of nitrogens with one attached hydrogen (secondary N) is 1. The summed E-state index contributed by atoms with van der Waals surface area (Å²) < 4.78 is 0. The van der Waals surface area contributed by atoms with Crippen LogP contribution in [-0.2, 0) is 23.2 Å². The van der Waals surface area contributed by atoms with Crippen LogP contribution >= 0.6 is 11.6 Å². The molecular weight excluding hydrogens is 524 g/mol. The van der Waals surface area contributed by atoms with E-state index in [9.17, 15) is 20.0 Å². The van der Waals surface area contributed by atoms with E-state index in [-0.39, 0.29) is 17.5 Å². The lowest BCUT2D eigenvalue weighted by molar-refractivity contribution is -0.141. The van der Waals surface area contributed by atoms with Crippen LogP contribution in [0.4, 0.5) is 0 Å². The second-order valence-electron chi connectivity index (χ2n) is 10.5. The Bertz CT molecular complexity index is 1710. The fraction of sp³-hybridized carbons (Fsp3) is 0.250. The molecule has 7 nitrogen and oxygen atoms in total. The third-order valence-corrected chi connectivity index (χ3v) is 8.15. The highest BCUT2D eigenvalue weighted by atomic mass is 35.5. The molecule has 1 aromatic heterocycles. The van der Waals surface area contributed by atoms with E-state index in [0.29, 0.717) is 52.5 Å². The highest BCUT2D eigenvalue weighted by molar-refractivity contribution is 6.31. The minimum absolute atomic E-state index is 0.0890. The van der Waals surface area contributed by atoms with Crippen molar-refractivity contribution in [2.75, 3.05) is 6.54 Å². The van der Waals surface area contributed by atoms with Crippen molar-refractivity contribution in [3.8, 4) is 17.2 Å². The zero-order valence-electron chi connectivity index (χ0n) is 21.7. The van der Waals surface area contributed by atoms with Crippen molar-refractivity contribution >= 4 is 17.5 Å². The van der Waals surface area contributed by atoms with Crippen molar-refractivity contribution in [3.05, 3.63) is 122 Å². The van der Waals surface area contributed by atoms with E-state index in [4.69, 9.17) is 16.6 Å². The number of fused-ring (bicyclic) bond motifs is 1. The lowest BCUT2D eigenvalue weighted by atomic mass is 9.94. The Kier molecular flexibility index (Phi) is 6.75. The number of carbonyl (C=O) groups is 1. The number of rotatable bonds is 5. The number of carbonyl (C=O) groups excluding carboxylic acids is 1. The van der Waals surface area contributed by atoms with Gasteiger partial charge in [0, 0.05) is 11.6 Å². The summed E-state index contributed by atoms with van der Waals surface area (Å²) in [4.78, 5) is 36.3. The quantitative estimate of drug-likeness (QED) is 0.361. The Morgan fingerprint density at radius 2 is 1.88 bits per heavy atom. The third-order valence-electron chi connectivity index (χ3n) is 7.93. The van der Waals surface area contributed by atoms with E-state index in [1.165, 1.54) is 4.90 Å². The molecular formula is C32H27ClN4O3. The van der Waals surface area contributed by atoms with Crippen LogP contribution in [0.2, 0.25) is 5.02 Å². The number of halogens is 1. The lowest BCUT2D eigenvalue weighted by Crippen LogP contribution is -2.36. The van der Waals surface area contributed by atoms with Gasteiger partial charge in [0.2, 0.25) is 0 Å². The molecule has 1 atom stereocenters. The van der Waals surface area contributed by atoms with Crippen LogP contribution in [0.3, 0.4) is 0 Å². The van der Waals surface area contributed by atoms with Crippen LogP contribution in [0, 0.1) is 11.3 Å². The maximum atomic E-state index is 13.5. The summed E-state index contributed by atoms with van der Waals surface area (Å²) in [6, 6.07) is 24.2. The number of hydrogen-bond donors (Lipinski definition) is 2. The maximum Gasteiger partial charge on any atom is 0.256 e. The minimum Gasteiger partial charge on any atom is -0.378 e. The first kappa shape index (κ1) is 26.0. The molecule has 2 heterocycles. The van der Waals surface area contributed by atoms with Gasteiger partial charge < -0.3 is 15.0 Å². The summed E-state index contributed by atoms with van der Waals surface area (Å²) in [5.74, 6) is 0.222. The second kappa shape index (κ2) is 10.4. The molecule has 8 heteroatoms. The van der Waals surface area contributed by atoms with Crippen LogP contribution in [0.25, 0.3) is 11.1 Å². The number of H-pyrrole nitrogens is 1. The number of aromatic nitrogens is 2. The van der Waals surface area contributed by atoms with Gasteiger partial charge in [0.1, 0.15) is 5.82 Å². The third kappa shape index (κ3) is 4.81. The topological polar surface area (TPSA) is 110 Å². The zero-order chi connectivity index (χ0) is 27.9. The van der Waals surface area contributed by atoms with Gasteiger partial charge in [-0.25, -0.2) is 4.98 Å². The fourth-order valence-corrected chi connectivity index (χ4v) is 5.84.